The maximum absolute atomic E-state index is 6.50. The molecule has 22 heavy (non-hydrogen) atoms. The third-order valence-electron chi connectivity index (χ3n) is 5.08. The summed E-state index contributed by atoms with van der Waals surface area (Å²) < 4.78 is 0. The molecule has 120 valence electrons. The van der Waals surface area contributed by atoms with Gasteiger partial charge in [-0.05, 0) is 43.7 Å². The number of halogens is 1. The maximum atomic E-state index is 6.50. The van der Waals surface area contributed by atoms with E-state index in [2.05, 4.69) is 29.2 Å². The second-order valence-electron chi connectivity index (χ2n) is 6.51. The van der Waals surface area contributed by atoms with Crippen LogP contribution in [0.3, 0.4) is 0 Å². The fourth-order valence-electron chi connectivity index (χ4n) is 3.95. The lowest BCUT2D eigenvalue weighted by molar-refractivity contribution is 0.488. The van der Waals surface area contributed by atoms with Crippen molar-refractivity contribution in [2.45, 2.75) is 57.4 Å². The molecule has 0 bridgehead atoms. The third kappa shape index (κ3) is 3.12. The van der Waals surface area contributed by atoms with Gasteiger partial charge in [0.05, 0.1) is 6.04 Å². The highest BCUT2D eigenvalue weighted by Gasteiger charge is 2.32. The molecule has 3 heteroatoms. The average molecular weight is 319 g/mol. The summed E-state index contributed by atoms with van der Waals surface area (Å²) in [5.41, 5.74) is 11.6. The molecule has 2 N–H and O–H groups in total. The number of unbranched alkanes of at least 4 members (excludes halogenated alkanes) is 3. The topological polar surface area (TPSA) is 29.3 Å². The zero-order chi connectivity index (χ0) is 15.4. The van der Waals surface area contributed by atoms with Gasteiger partial charge in [-0.1, -0.05) is 37.5 Å². The Morgan fingerprint density at radius 1 is 1.09 bits per heavy atom. The first kappa shape index (κ1) is 15.7. The van der Waals surface area contributed by atoms with Crippen molar-refractivity contribution in [3.63, 3.8) is 0 Å². The summed E-state index contributed by atoms with van der Waals surface area (Å²) in [4.78, 5) is 2.63. The molecule has 2 aliphatic rings. The normalized spacial score (nSPS) is 20.8. The van der Waals surface area contributed by atoms with E-state index in [1.54, 1.807) is 0 Å². The molecule has 1 fully saturated rings. The van der Waals surface area contributed by atoms with E-state index in [-0.39, 0.29) is 0 Å². The molecule has 0 aromatic heterocycles. The number of alkyl halides is 1. The van der Waals surface area contributed by atoms with Crippen molar-refractivity contribution in [3.05, 3.63) is 35.4 Å². The Morgan fingerprint density at radius 3 is 2.77 bits per heavy atom. The van der Waals surface area contributed by atoms with Crippen molar-refractivity contribution in [3.8, 4) is 0 Å². The lowest BCUT2D eigenvalue weighted by Gasteiger charge is -2.43. The molecule has 1 saturated carbocycles. The van der Waals surface area contributed by atoms with E-state index < -0.39 is 0 Å². The monoisotopic (exact) mass is 318 g/mol. The Bertz CT molecular complexity index is 538. The second-order valence-corrected chi connectivity index (χ2v) is 6.89. The summed E-state index contributed by atoms with van der Waals surface area (Å²) in [6, 6.07) is 9.21. The molecule has 1 aromatic carbocycles. The molecular formula is C19H27ClN2. The van der Waals surface area contributed by atoms with E-state index in [0.717, 1.165) is 24.5 Å². The molecule has 1 aromatic rings. The summed E-state index contributed by atoms with van der Waals surface area (Å²) in [6.07, 6.45) is 9.94. The van der Waals surface area contributed by atoms with Crippen LogP contribution in [0.5, 0.6) is 0 Å². The molecule has 1 aliphatic carbocycles. The van der Waals surface area contributed by atoms with Gasteiger partial charge in [0.25, 0.3) is 0 Å². The van der Waals surface area contributed by atoms with Crippen molar-refractivity contribution in [1.29, 1.82) is 0 Å². The summed E-state index contributed by atoms with van der Waals surface area (Å²) in [7, 11) is 0. The van der Waals surface area contributed by atoms with Gasteiger partial charge in [-0.25, -0.2) is 0 Å². The van der Waals surface area contributed by atoms with Crippen LogP contribution in [0.25, 0.3) is 5.70 Å². The van der Waals surface area contributed by atoms with Gasteiger partial charge in [0.1, 0.15) is 0 Å². The van der Waals surface area contributed by atoms with Crippen LogP contribution in [-0.2, 0) is 0 Å². The maximum Gasteiger partial charge on any atom is 0.0525 e. The quantitative estimate of drug-likeness (QED) is 0.596. The zero-order valence-corrected chi connectivity index (χ0v) is 14.1. The molecule has 1 aliphatic heterocycles. The first-order valence-electron chi connectivity index (χ1n) is 8.73. The lowest BCUT2D eigenvalue weighted by Crippen LogP contribution is -2.43. The lowest BCUT2D eigenvalue weighted by atomic mass is 9.82. The molecule has 0 radical (unpaired) electrons. The fraction of sp³-hybridized carbons (Fsp3) is 0.579. The first-order chi connectivity index (χ1) is 10.8. The predicted molar refractivity (Wildman–Crippen MR) is 96.3 cm³/mol. The van der Waals surface area contributed by atoms with Crippen LogP contribution in [0.4, 0.5) is 5.69 Å². The Hall–Kier alpha value is -1.15. The zero-order valence-electron chi connectivity index (χ0n) is 13.4. The van der Waals surface area contributed by atoms with Crippen molar-refractivity contribution < 1.29 is 0 Å². The number of para-hydroxylation sites is 1. The van der Waals surface area contributed by atoms with E-state index in [1.165, 1.54) is 61.8 Å². The van der Waals surface area contributed by atoms with Gasteiger partial charge in [-0.3, -0.25) is 0 Å². The average Bonchev–Trinajstić information content (AvgIpc) is 2.57. The summed E-state index contributed by atoms with van der Waals surface area (Å²) in [6.45, 7) is 1.14. The van der Waals surface area contributed by atoms with E-state index >= 15 is 0 Å². The van der Waals surface area contributed by atoms with Crippen LogP contribution >= 0.6 is 11.6 Å². The van der Waals surface area contributed by atoms with Gasteiger partial charge in [0.2, 0.25) is 0 Å². The molecule has 0 spiro atoms. The highest BCUT2D eigenvalue weighted by Crippen LogP contribution is 2.41. The highest BCUT2D eigenvalue weighted by molar-refractivity contribution is 6.17. The van der Waals surface area contributed by atoms with Crippen LogP contribution in [0.2, 0.25) is 0 Å². The minimum atomic E-state index is 0.539. The van der Waals surface area contributed by atoms with Gasteiger partial charge in [-0.15, -0.1) is 11.6 Å². The van der Waals surface area contributed by atoms with Gasteiger partial charge < -0.3 is 10.6 Å². The smallest absolute Gasteiger partial charge is 0.0525 e. The van der Waals surface area contributed by atoms with Gasteiger partial charge in [0, 0.05) is 29.4 Å². The van der Waals surface area contributed by atoms with Gasteiger partial charge in [0.15, 0.2) is 0 Å². The molecule has 1 unspecified atom stereocenters. The van der Waals surface area contributed by atoms with E-state index in [0.29, 0.717) is 6.04 Å². The molecule has 0 amide bonds. The Morgan fingerprint density at radius 2 is 1.91 bits per heavy atom. The molecule has 0 saturated heterocycles. The van der Waals surface area contributed by atoms with Crippen LogP contribution < -0.4 is 10.6 Å². The van der Waals surface area contributed by atoms with Crippen molar-refractivity contribution in [1.82, 2.24) is 0 Å². The van der Waals surface area contributed by atoms with E-state index in [1.807, 2.05) is 0 Å². The minimum absolute atomic E-state index is 0.539. The number of fused-ring (bicyclic) bond motifs is 2. The fourth-order valence-corrected chi connectivity index (χ4v) is 4.14. The van der Waals surface area contributed by atoms with Crippen molar-refractivity contribution >= 4 is 23.0 Å². The summed E-state index contributed by atoms with van der Waals surface area (Å²) in [5, 5.41) is 0. The number of hydrogen-bond donors (Lipinski definition) is 1. The number of anilines is 1. The third-order valence-corrected chi connectivity index (χ3v) is 5.35. The minimum Gasteiger partial charge on any atom is -0.398 e. The molecule has 1 heterocycles. The van der Waals surface area contributed by atoms with Crippen LogP contribution in [-0.4, -0.2) is 18.5 Å². The largest absolute Gasteiger partial charge is 0.398 e. The SMILES string of the molecule is NC1=C2CCCCC2N(CCCCCCCl)c2ccccc21. The number of benzene rings is 1. The molecule has 1 atom stereocenters. The first-order valence-corrected chi connectivity index (χ1v) is 9.27. The van der Waals surface area contributed by atoms with E-state index in [4.69, 9.17) is 17.3 Å². The van der Waals surface area contributed by atoms with E-state index in [9.17, 15) is 0 Å². The van der Waals surface area contributed by atoms with Crippen LogP contribution in [0.15, 0.2) is 29.8 Å². The predicted octanol–water partition coefficient (Wildman–Crippen LogP) is 4.92. The molecular weight excluding hydrogens is 292 g/mol. The van der Waals surface area contributed by atoms with Crippen molar-refractivity contribution in [2.75, 3.05) is 17.3 Å². The Kier molecular flexibility index (Phi) is 5.30. The Labute approximate surface area is 139 Å². The second kappa shape index (κ2) is 7.41. The number of nitrogens with two attached hydrogens (primary N) is 1. The Balaban J connectivity index is 1.79. The van der Waals surface area contributed by atoms with Crippen LogP contribution in [0.1, 0.15) is 56.9 Å². The number of nitrogens with zero attached hydrogens (tertiary/aromatic N) is 1. The number of rotatable bonds is 6. The van der Waals surface area contributed by atoms with Gasteiger partial charge in [-0.2, -0.15) is 0 Å². The highest BCUT2D eigenvalue weighted by atomic mass is 35.5. The standard InChI is InChI=1S/C19H27ClN2/c20-13-7-1-2-8-14-22-17-11-5-3-9-15(17)19(21)16-10-4-6-12-18(16)22/h3,5,9,11,18H,1-2,4,6-8,10,12-14,21H2. The molecule has 2 nitrogen and oxygen atoms in total. The van der Waals surface area contributed by atoms with Crippen LogP contribution in [0, 0.1) is 0 Å². The van der Waals surface area contributed by atoms with Crippen molar-refractivity contribution in [2.24, 2.45) is 5.73 Å². The van der Waals surface area contributed by atoms with Gasteiger partial charge >= 0.3 is 0 Å². The molecule has 3 rings (SSSR count). The summed E-state index contributed by atoms with van der Waals surface area (Å²) >= 11 is 5.77. The number of hydrogen-bond acceptors (Lipinski definition) is 2. The summed E-state index contributed by atoms with van der Waals surface area (Å²) in [5.74, 6) is 0.790.